The van der Waals surface area contributed by atoms with Gasteiger partial charge in [-0.2, -0.15) is 0 Å². The zero-order valence-corrected chi connectivity index (χ0v) is 12.4. The molecule has 0 radical (unpaired) electrons. The maximum atomic E-state index is 5.96. The third-order valence-electron chi connectivity index (χ3n) is 4.28. The van der Waals surface area contributed by atoms with Crippen LogP contribution in [0.2, 0.25) is 0 Å². The molecule has 1 aromatic rings. The second kappa shape index (κ2) is 6.29. The Kier molecular flexibility index (Phi) is 4.70. The van der Waals surface area contributed by atoms with E-state index in [1.165, 1.54) is 31.5 Å². The first-order chi connectivity index (χ1) is 9.10. The van der Waals surface area contributed by atoms with Crippen molar-refractivity contribution in [1.29, 1.82) is 0 Å². The van der Waals surface area contributed by atoms with Gasteiger partial charge in [-0.3, -0.25) is 4.90 Å². The predicted molar refractivity (Wildman–Crippen MR) is 80.2 cm³/mol. The molecule has 106 valence electrons. The minimum atomic E-state index is 0.733. The summed E-state index contributed by atoms with van der Waals surface area (Å²) in [7, 11) is 1.65. The highest BCUT2D eigenvalue weighted by atomic mass is 16.5. The van der Waals surface area contributed by atoms with Crippen molar-refractivity contribution < 1.29 is 4.74 Å². The van der Waals surface area contributed by atoms with Gasteiger partial charge in [0.05, 0.1) is 12.8 Å². The Morgan fingerprint density at radius 3 is 2.53 bits per heavy atom. The molecule has 1 saturated heterocycles. The summed E-state index contributed by atoms with van der Waals surface area (Å²) in [6.45, 7) is 8.08. The summed E-state index contributed by atoms with van der Waals surface area (Å²) in [5, 5.41) is 0. The van der Waals surface area contributed by atoms with E-state index in [-0.39, 0.29) is 0 Å². The van der Waals surface area contributed by atoms with E-state index in [9.17, 15) is 0 Å². The number of anilines is 1. The lowest BCUT2D eigenvalue weighted by atomic mass is 9.86. The van der Waals surface area contributed by atoms with Crippen LogP contribution in [0.25, 0.3) is 0 Å². The third-order valence-corrected chi connectivity index (χ3v) is 4.28. The van der Waals surface area contributed by atoms with Crippen LogP contribution in [-0.4, -0.2) is 25.1 Å². The number of ether oxygens (including phenoxy) is 1. The van der Waals surface area contributed by atoms with Crippen molar-refractivity contribution in [3.8, 4) is 5.75 Å². The van der Waals surface area contributed by atoms with Gasteiger partial charge in [-0.05, 0) is 55.5 Å². The van der Waals surface area contributed by atoms with Gasteiger partial charge >= 0.3 is 0 Å². The van der Waals surface area contributed by atoms with E-state index in [4.69, 9.17) is 10.5 Å². The number of likely N-dealkylation sites (tertiary alicyclic amines) is 1. The maximum absolute atomic E-state index is 5.96. The molecule has 1 aromatic carbocycles. The Morgan fingerprint density at radius 2 is 2.00 bits per heavy atom. The Hall–Kier alpha value is -1.22. The Bertz CT molecular complexity index is 409. The SMILES string of the molecule is COc1ccc(CN2CCC(C(C)C)CC2)cc1N. The van der Waals surface area contributed by atoms with Gasteiger partial charge in [-0.1, -0.05) is 19.9 Å². The molecule has 2 N–H and O–H groups in total. The minimum absolute atomic E-state index is 0.733. The van der Waals surface area contributed by atoms with Gasteiger partial charge in [-0.25, -0.2) is 0 Å². The molecule has 0 saturated carbocycles. The number of hydrogen-bond donors (Lipinski definition) is 1. The number of hydrogen-bond acceptors (Lipinski definition) is 3. The van der Waals surface area contributed by atoms with Crippen molar-refractivity contribution in [2.45, 2.75) is 33.2 Å². The molecule has 0 amide bonds. The molecular formula is C16H26N2O. The summed E-state index contributed by atoms with van der Waals surface area (Å²) >= 11 is 0. The molecule has 1 fully saturated rings. The van der Waals surface area contributed by atoms with Crippen LogP contribution < -0.4 is 10.5 Å². The average molecular weight is 262 g/mol. The second-order valence-electron chi connectivity index (χ2n) is 5.93. The Labute approximate surface area is 116 Å². The standard InChI is InChI=1S/C16H26N2O/c1-12(2)14-6-8-18(9-7-14)11-13-4-5-16(19-3)15(17)10-13/h4-5,10,12,14H,6-9,11,17H2,1-3H3. The van der Waals surface area contributed by atoms with Crippen molar-refractivity contribution in [2.24, 2.45) is 11.8 Å². The molecular weight excluding hydrogens is 236 g/mol. The molecule has 0 aliphatic carbocycles. The van der Waals surface area contributed by atoms with E-state index < -0.39 is 0 Å². The average Bonchev–Trinajstić information content (AvgIpc) is 2.39. The van der Waals surface area contributed by atoms with Gasteiger partial charge in [0, 0.05) is 6.54 Å². The monoisotopic (exact) mass is 262 g/mol. The molecule has 3 nitrogen and oxygen atoms in total. The summed E-state index contributed by atoms with van der Waals surface area (Å²) in [6, 6.07) is 6.11. The zero-order valence-electron chi connectivity index (χ0n) is 12.4. The quantitative estimate of drug-likeness (QED) is 0.847. The highest BCUT2D eigenvalue weighted by Crippen LogP contribution is 2.27. The van der Waals surface area contributed by atoms with Gasteiger partial charge < -0.3 is 10.5 Å². The maximum Gasteiger partial charge on any atom is 0.141 e. The molecule has 0 spiro atoms. The number of benzene rings is 1. The van der Waals surface area contributed by atoms with E-state index in [2.05, 4.69) is 24.8 Å². The Balaban J connectivity index is 1.90. The summed E-state index contributed by atoms with van der Waals surface area (Å²) < 4.78 is 5.19. The van der Waals surface area contributed by atoms with Crippen LogP contribution in [0.15, 0.2) is 18.2 Å². The normalized spacial score (nSPS) is 17.9. The molecule has 0 unspecified atom stereocenters. The molecule has 1 heterocycles. The highest BCUT2D eigenvalue weighted by Gasteiger charge is 2.21. The Morgan fingerprint density at radius 1 is 1.32 bits per heavy atom. The lowest BCUT2D eigenvalue weighted by Gasteiger charge is -2.33. The number of nitrogens with zero attached hydrogens (tertiary/aromatic N) is 1. The minimum Gasteiger partial charge on any atom is -0.495 e. The summed E-state index contributed by atoms with van der Waals surface area (Å²) in [5.74, 6) is 2.48. The largest absolute Gasteiger partial charge is 0.495 e. The summed E-state index contributed by atoms with van der Waals surface area (Å²) in [4.78, 5) is 2.53. The first kappa shape index (κ1) is 14.2. The number of rotatable bonds is 4. The van der Waals surface area contributed by atoms with E-state index in [0.717, 1.165) is 29.8 Å². The van der Waals surface area contributed by atoms with Gasteiger partial charge in [0.1, 0.15) is 5.75 Å². The third kappa shape index (κ3) is 3.63. The van der Waals surface area contributed by atoms with Gasteiger partial charge in [0.15, 0.2) is 0 Å². The van der Waals surface area contributed by atoms with Crippen molar-refractivity contribution in [1.82, 2.24) is 4.90 Å². The van der Waals surface area contributed by atoms with Crippen LogP contribution in [0.4, 0.5) is 5.69 Å². The van der Waals surface area contributed by atoms with E-state index in [1.807, 2.05) is 12.1 Å². The second-order valence-corrected chi connectivity index (χ2v) is 5.93. The fraction of sp³-hybridized carbons (Fsp3) is 0.625. The summed E-state index contributed by atoms with van der Waals surface area (Å²) in [5.41, 5.74) is 7.97. The van der Waals surface area contributed by atoms with Crippen LogP contribution in [0.3, 0.4) is 0 Å². The van der Waals surface area contributed by atoms with E-state index in [1.54, 1.807) is 7.11 Å². The fourth-order valence-corrected chi connectivity index (χ4v) is 2.92. The highest BCUT2D eigenvalue weighted by molar-refractivity contribution is 5.54. The van der Waals surface area contributed by atoms with Crippen molar-refractivity contribution >= 4 is 5.69 Å². The summed E-state index contributed by atoms with van der Waals surface area (Å²) in [6.07, 6.45) is 2.65. The van der Waals surface area contributed by atoms with Gasteiger partial charge in [0.25, 0.3) is 0 Å². The first-order valence-electron chi connectivity index (χ1n) is 7.25. The molecule has 1 aliphatic heterocycles. The fourth-order valence-electron chi connectivity index (χ4n) is 2.92. The van der Waals surface area contributed by atoms with Crippen LogP contribution in [-0.2, 0) is 6.54 Å². The lowest BCUT2D eigenvalue weighted by molar-refractivity contribution is 0.152. The number of nitrogen functional groups attached to an aromatic ring is 1. The van der Waals surface area contributed by atoms with E-state index >= 15 is 0 Å². The number of nitrogens with two attached hydrogens (primary N) is 1. The van der Waals surface area contributed by atoms with Crippen LogP contribution >= 0.6 is 0 Å². The molecule has 0 bridgehead atoms. The molecule has 3 heteroatoms. The van der Waals surface area contributed by atoms with Crippen molar-refractivity contribution in [3.63, 3.8) is 0 Å². The molecule has 19 heavy (non-hydrogen) atoms. The number of methoxy groups -OCH3 is 1. The smallest absolute Gasteiger partial charge is 0.141 e. The molecule has 0 aromatic heterocycles. The van der Waals surface area contributed by atoms with Crippen LogP contribution in [0.1, 0.15) is 32.3 Å². The topological polar surface area (TPSA) is 38.5 Å². The first-order valence-corrected chi connectivity index (χ1v) is 7.25. The lowest BCUT2D eigenvalue weighted by Crippen LogP contribution is -2.34. The molecule has 0 atom stereocenters. The van der Waals surface area contributed by atoms with Crippen molar-refractivity contribution in [3.05, 3.63) is 23.8 Å². The van der Waals surface area contributed by atoms with Gasteiger partial charge in [-0.15, -0.1) is 0 Å². The predicted octanol–water partition coefficient (Wildman–Crippen LogP) is 3.15. The van der Waals surface area contributed by atoms with Crippen molar-refractivity contribution in [2.75, 3.05) is 25.9 Å². The van der Waals surface area contributed by atoms with Crippen LogP contribution in [0.5, 0.6) is 5.75 Å². The molecule has 1 aliphatic rings. The van der Waals surface area contributed by atoms with Crippen LogP contribution in [0, 0.1) is 11.8 Å². The number of piperidine rings is 1. The zero-order chi connectivity index (χ0) is 13.8. The molecule has 2 rings (SSSR count). The van der Waals surface area contributed by atoms with E-state index in [0.29, 0.717) is 0 Å². The van der Waals surface area contributed by atoms with Gasteiger partial charge in [0.2, 0.25) is 0 Å².